The van der Waals surface area contributed by atoms with Crippen LogP contribution in [-0.4, -0.2) is 47.1 Å². The zero-order valence-corrected chi connectivity index (χ0v) is 14.8. The van der Waals surface area contributed by atoms with Gasteiger partial charge in [-0.1, -0.05) is 16.8 Å². The number of carbonyl (C=O) groups is 1. The first-order chi connectivity index (χ1) is 12.7. The van der Waals surface area contributed by atoms with Crippen LogP contribution in [0.1, 0.15) is 16.4 Å². The van der Waals surface area contributed by atoms with E-state index in [1.807, 2.05) is 17.0 Å². The highest BCUT2D eigenvalue weighted by Crippen LogP contribution is 2.18. The topological polar surface area (TPSA) is 76.8 Å². The van der Waals surface area contributed by atoms with Crippen molar-refractivity contribution in [3.8, 4) is 11.4 Å². The second kappa shape index (κ2) is 7.31. The molecule has 1 aliphatic heterocycles. The van der Waals surface area contributed by atoms with Crippen LogP contribution in [0.15, 0.2) is 51.6 Å². The van der Waals surface area contributed by atoms with E-state index in [1.54, 1.807) is 24.3 Å². The van der Waals surface area contributed by atoms with Gasteiger partial charge in [-0.25, -0.2) is 0 Å². The summed E-state index contributed by atoms with van der Waals surface area (Å²) in [5, 5.41) is 4.71. The van der Waals surface area contributed by atoms with E-state index in [0.717, 1.165) is 18.7 Å². The average Bonchev–Trinajstić information content (AvgIpc) is 3.35. The number of piperazine rings is 1. The Hall–Kier alpha value is -2.64. The van der Waals surface area contributed by atoms with Crippen LogP contribution in [0.5, 0.6) is 0 Å². The molecule has 0 spiro atoms. The van der Waals surface area contributed by atoms with Gasteiger partial charge in [0, 0.05) is 10.6 Å². The second-order valence-electron chi connectivity index (χ2n) is 6.21. The lowest BCUT2D eigenvalue weighted by Crippen LogP contribution is -3.13. The quantitative estimate of drug-likeness (QED) is 0.750. The zero-order chi connectivity index (χ0) is 17.9. The van der Waals surface area contributed by atoms with Crippen molar-refractivity contribution in [3.63, 3.8) is 0 Å². The van der Waals surface area contributed by atoms with E-state index < -0.39 is 0 Å². The van der Waals surface area contributed by atoms with Crippen molar-refractivity contribution in [2.24, 2.45) is 0 Å². The van der Waals surface area contributed by atoms with Crippen molar-refractivity contribution >= 4 is 17.5 Å². The smallest absolute Gasteiger partial charge is 0.289 e. The lowest BCUT2D eigenvalue weighted by atomic mass is 10.2. The van der Waals surface area contributed by atoms with E-state index in [-0.39, 0.29) is 5.91 Å². The molecular formula is C18H18ClN4O3+. The van der Waals surface area contributed by atoms with E-state index in [0.29, 0.717) is 42.1 Å². The number of nitrogens with one attached hydrogen (secondary N) is 1. The number of carbonyl (C=O) groups excluding carboxylic acids is 1. The first-order valence-corrected chi connectivity index (χ1v) is 8.82. The van der Waals surface area contributed by atoms with E-state index in [1.165, 1.54) is 11.2 Å². The van der Waals surface area contributed by atoms with Crippen LogP contribution in [0, 0.1) is 0 Å². The Balaban J connectivity index is 1.33. The minimum atomic E-state index is -0.0585. The molecule has 8 heteroatoms. The number of halogens is 1. The SMILES string of the molecule is O=C(c1ccco1)N1CC[NH+](Cc2nc(-c3ccc(Cl)cc3)no2)CC1. The molecule has 7 nitrogen and oxygen atoms in total. The molecule has 0 saturated carbocycles. The van der Waals surface area contributed by atoms with Crippen LogP contribution >= 0.6 is 11.6 Å². The maximum absolute atomic E-state index is 12.3. The zero-order valence-electron chi connectivity index (χ0n) is 14.0. The Morgan fingerprint density at radius 1 is 1.19 bits per heavy atom. The van der Waals surface area contributed by atoms with E-state index in [2.05, 4.69) is 10.1 Å². The Morgan fingerprint density at radius 2 is 1.96 bits per heavy atom. The predicted octanol–water partition coefficient (Wildman–Crippen LogP) is 1.52. The third kappa shape index (κ3) is 3.63. The van der Waals surface area contributed by atoms with Gasteiger partial charge in [0.15, 0.2) is 12.3 Å². The van der Waals surface area contributed by atoms with Crippen molar-refractivity contribution in [2.45, 2.75) is 6.54 Å². The van der Waals surface area contributed by atoms with Gasteiger partial charge in [-0.05, 0) is 36.4 Å². The molecule has 4 rings (SSSR count). The molecule has 1 fully saturated rings. The van der Waals surface area contributed by atoms with Gasteiger partial charge in [-0.3, -0.25) is 4.79 Å². The molecule has 1 aliphatic rings. The number of benzene rings is 1. The molecular weight excluding hydrogens is 356 g/mol. The van der Waals surface area contributed by atoms with E-state index >= 15 is 0 Å². The lowest BCUT2D eigenvalue weighted by molar-refractivity contribution is -0.918. The monoisotopic (exact) mass is 373 g/mol. The van der Waals surface area contributed by atoms with Crippen LogP contribution in [0.2, 0.25) is 5.02 Å². The van der Waals surface area contributed by atoms with Crippen LogP contribution in [-0.2, 0) is 6.54 Å². The Kier molecular flexibility index (Phi) is 4.73. The highest BCUT2D eigenvalue weighted by atomic mass is 35.5. The molecule has 1 N–H and O–H groups in total. The number of quaternary nitrogens is 1. The summed E-state index contributed by atoms with van der Waals surface area (Å²) in [6.45, 7) is 3.64. The highest BCUT2D eigenvalue weighted by molar-refractivity contribution is 6.30. The van der Waals surface area contributed by atoms with E-state index in [9.17, 15) is 4.79 Å². The van der Waals surface area contributed by atoms with Crippen LogP contribution in [0.3, 0.4) is 0 Å². The normalized spacial score (nSPS) is 15.3. The molecule has 0 unspecified atom stereocenters. The minimum absolute atomic E-state index is 0.0585. The molecule has 1 amide bonds. The summed E-state index contributed by atoms with van der Waals surface area (Å²) in [5.74, 6) is 1.48. The molecule has 3 heterocycles. The first-order valence-electron chi connectivity index (χ1n) is 8.44. The van der Waals surface area contributed by atoms with Crippen molar-refractivity contribution in [3.05, 3.63) is 59.3 Å². The largest absolute Gasteiger partial charge is 0.459 e. The molecule has 2 aromatic heterocycles. The Bertz CT molecular complexity index is 868. The number of amides is 1. The van der Waals surface area contributed by atoms with Gasteiger partial charge < -0.3 is 18.7 Å². The van der Waals surface area contributed by atoms with Crippen LogP contribution < -0.4 is 4.90 Å². The van der Waals surface area contributed by atoms with Crippen molar-refractivity contribution in [1.29, 1.82) is 0 Å². The molecule has 0 atom stereocenters. The maximum atomic E-state index is 12.3. The predicted molar refractivity (Wildman–Crippen MR) is 93.8 cm³/mol. The fourth-order valence-corrected chi connectivity index (χ4v) is 3.14. The minimum Gasteiger partial charge on any atom is -0.459 e. The van der Waals surface area contributed by atoms with Gasteiger partial charge in [-0.15, -0.1) is 0 Å². The number of furan rings is 1. The molecule has 0 aliphatic carbocycles. The number of hydrogen-bond donors (Lipinski definition) is 1. The molecule has 1 aromatic carbocycles. The highest BCUT2D eigenvalue weighted by Gasteiger charge is 2.27. The molecule has 0 bridgehead atoms. The van der Waals surface area contributed by atoms with Crippen molar-refractivity contribution in [2.75, 3.05) is 26.2 Å². The summed E-state index contributed by atoms with van der Waals surface area (Å²) in [4.78, 5) is 19.9. The summed E-state index contributed by atoms with van der Waals surface area (Å²) in [5.41, 5.74) is 0.869. The maximum Gasteiger partial charge on any atom is 0.289 e. The molecule has 134 valence electrons. The third-order valence-corrected chi connectivity index (χ3v) is 4.71. The van der Waals surface area contributed by atoms with Gasteiger partial charge in [0.25, 0.3) is 11.8 Å². The van der Waals surface area contributed by atoms with Crippen molar-refractivity contribution in [1.82, 2.24) is 15.0 Å². The van der Waals surface area contributed by atoms with Gasteiger partial charge in [0.1, 0.15) is 0 Å². The molecule has 0 radical (unpaired) electrons. The number of nitrogens with zero attached hydrogens (tertiary/aromatic N) is 3. The summed E-state index contributed by atoms with van der Waals surface area (Å²) in [6, 6.07) is 10.7. The Morgan fingerprint density at radius 3 is 2.65 bits per heavy atom. The number of aromatic nitrogens is 2. The average molecular weight is 374 g/mol. The fourth-order valence-electron chi connectivity index (χ4n) is 3.02. The second-order valence-corrected chi connectivity index (χ2v) is 6.65. The molecule has 3 aromatic rings. The third-order valence-electron chi connectivity index (χ3n) is 4.46. The van der Waals surface area contributed by atoms with Crippen LogP contribution in [0.25, 0.3) is 11.4 Å². The summed E-state index contributed by atoms with van der Waals surface area (Å²) >= 11 is 5.90. The summed E-state index contributed by atoms with van der Waals surface area (Å²) < 4.78 is 10.6. The number of rotatable bonds is 4. The van der Waals surface area contributed by atoms with Crippen molar-refractivity contribution < 1.29 is 18.6 Å². The molecule has 26 heavy (non-hydrogen) atoms. The van der Waals surface area contributed by atoms with Gasteiger partial charge in [-0.2, -0.15) is 4.98 Å². The summed E-state index contributed by atoms with van der Waals surface area (Å²) in [6.07, 6.45) is 1.52. The number of hydrogen-bond acceptors (Lipinski definition) is 5. The van der Waals surface area contributed by atoms with Crippen LogP contribution in [0.4, 0.5) is 0 Å². The Labute approximate surface area is 155 Å². The van der Waals surface area contributed by atoms with Gasteiger partial charge in [0.05, 0.1) is 32.4 Å². The van der Waals surface area contributed by atoms with Gasteiger partial charge in [0.2, 0.25) is 5.82 Å². The van der Waals surface area contributed by atoms with E-state index in [4.69, 9.17) is 20.5 Å². The molecule has 1 saturated heterocycles. The fraction of sp³-hybridized carbons (Fsp3) is 0.278. The lowest BCUT2D eigenvalue weighted by Gasteiger charge is -2.30. The summed E-state index contributed by atoms with van der Waals surface area (Å²) in [7, 11) is 0. The standard InChI is InChI=1S/C18H17ClN4O3/c19-14-5-3-13(4-6-14)17-20-16(26-21-17)12-22-7-9-23(10-8-22)18(24)15-2-1-11-25-15/h1-6,11H,7-10,12H2/p+1. The van der Waals surface area contributed by atoms with Gasteiger partial charge >= 0.3 is 0 Å². The first kappa shape index (κ1) is 16.8.